The molecule has 142 valence electrons. The highest BCUT2D eigenvalue weighted by molar-refractivity contribution is 7.90. The van der Waals surface area contributed by atoms with Gasteiger partial charge in [-0.3, -0.25) is 4.98 Å². The molecule has 0 spiro atoms. The molecule has 1 aromatic carbocycles. The summed E-state index contributed by atoms with van der Waals surface area (Å²) in [5.41, 5.74) is -0.0769. The zero-order valence-electron chi connectivity index (χ0n) is 14.9. The third-order valence-electron chi connectivity index (χ3n) is 3.93. The van der Waals surface area contributed by atoms with Crippen molar-refractivity contribution < 1.29 is 18.4 Å². The van der Waals surface area contributed by atoms with Crippen LogP contribution in [-0.2, 0) is 23.5 Å². The number of rotatable bonds is 5. The van der Waals surface area contributed by atoms with Crippen molar-refractivity contribution in [2.75, 3.05) is 0 Å². The molecule has 0 bridgehead atoms. The van der Waals surface area contributed by atoms with Crippen LogP contribution < -0.4 is 4.72 Å². The first kappa shape index (κ1) is 21.1. The Kier molecular flexibility index (Phi) is 6.30. The lowest BCUT2D eigenvalue weighted by atomic mass is 9.89. The normalized spacial score (nSPS) is 15.6. The zero-order valence-corrected chi connectivity index (χ0v) is 16.5. The van der Waals surface area contributed by atoms with Gasteiger partial charge in [-0.2, -0.15) is 0 Å². The van der Waals surface area contributed by atoms with Crippen molar-refractivity contribution in [3.05, 3.63) is 63.9 Å². The molecule has 1 aromatic heterocycles. The monoisotopic (exact) mass is 402 g/mol. The van der Waals surface area contributed by atoms with Crippen LogP contribution in [0.2, 0.25) is 5.02 Å². The molecule has 2 unspecified atom stereocenters. The number of hydrogen-bond acceptors (Lipinski definition) is 4. The van der Waals surface area contributed by atoms with E-state index in [4.69, 9.17) is 11.6 Å². The van der Waals surface area contributed by atoms with Crippen LogP contribution in [0.4, 0.5) is 8.78 Å². The molecule has 4 nitrogen and oxygen atoms in total. The summed E-state index contributed by atoms with van der Waals surface area (Å²) in [6, 6.07) is 5.45. The fraction of sp³-hybridized carbons (Fsp3) is 0.389. The summed E-state index contributed by atoms with van der Waals surface area (Å²) in [5, 5.41) is 8.59. The third kappa shape index (κ3) is 4.35. The third-order valence-corrected chi connectivity index (χ3v) is 6.00. The molecule has 0 saturated carbocycles. The summed E-state index contributed by atoms with van der Waals surface area (Å²) >= 11 is 4.04. The number of halogens is 3. The van der Waals surface area contributed by atoms with E-state index in [0.717, 1.165) is 12.1 Å². The van der Waals surface area contributed by atoms with Crippen LogP contribution in [0.25, 0.3) is 0 Å². The number of aromatic nitrogens is 1. The minimum Gasteiger partial charge on any atom is -0.598 e. The number of pyridine rings is 1. The Morgan fingerprint density at radius 1 is 1.19 bits per heavy atom. The molecule has 1 heterocycles. The topological polar surface area (TPSA) is 68.2 Å². The fourth-order valence-corrected chi connectivity index (χ4v) is 3.26. The Hall–Kier alpha value is -1.25. The van der Waals surface area contributed by atoms with Gasteiger partial charge >= 0.3 is 0 Å². The Morgan fingerprint density at radius 3 is 2.19 bits per heavy atom. The van der Waals surface area contributed by atoms with Gasteiger partial charge in [-0.25, -0.2) is 8.78 Å². The summed E-state index contributed by atoms with van der Waals surface area (Å²) in [6.07, 6.45) is 1.46. The Balaban J connectivity index is 2.60. The van der Waals surface area contributed by atoms with Crippen LogP contribution in [0, 0.1) is 11.6 Å². The van der Waals surface area contributed by atoms with Crippen molar-refractivity contribution >= 4 is 23.0 Å². The Labute approximate surface area is 159 Å². The molecule has 2 atom stereocenters. The molecule has 2 rings (SSSR count). The van der Waals surface area contributed by atoms with Gasteiger partial charge in [0.05, 0.1) is 12.3 Å². The lowest BCUT2D eigenvalue weighted by Crippen LogP contribution is -2.51. The minimum absolute atomic E-state index is 0.185. The largest absolute Gasteiger partial charge is 0.598 e. The lowest BCUT2D eigenvalue weighted by molar-refractivity contribution is 0.281. The molecule has 0 saturated heterocycles. The van der Waals surface area contributed by atoms with Crippen LogP contribution in [0.3, 0.4) is 0 Å². The number of aliphatic hydroxyl groups is 1. The van der Waals surface area contributed by atoms with E-state index in [2.05, 4.69) is 9.71 Å². The van der Waals surface area contributed by atoms with Gasteiger partial charge < -0.3 is 9.66 Å². The molecule has 0 aliphatic heterocycles. The molecular formula is C18H21ClF2N2O2S. The van der Waals surface area contributed by atoms with E-state index in [1.165, 1.54) is 6.20 Å². The van der Waals surface area contributed by atoms with Crippen LogP contribution >= 0.6 is 11.6 Å². The Morgan fingerprint density at radius 2 is 1.77 bits per heavy atom. The van der Waals surface area contributed by atoms with E-state index in [-0.39, 0.29) is 12.2 Å². The second kappa shape index (κ2) is 7.78. The number of nitrogens with one attached hydrogen (secondary N) is 1. The highest BCUT2D eigenvalue weighted by Crippen LogP contribution is 2.34. The molecule has 0 amide bonds. The molecule has 8 heteroatoms. The summed E-state index contributed by atoms with van der Waals surface area (Å²) in [6.45, 7) is 6.79. The average Bonchev–Trinajstić information content (AvgIpc) is 2.58. The number of aliphatic hydroxyl groups excluding tert-OH is 1. The highest BCUT2D eigenvalue weighted by Gasteiger charge is 2.40. The van der Waals surface area contributed by atoms with Gasteiger partial charge in [0.15, 0.2) is 0 Å². The maximum atomic E-state index is 14.0. The van der Waals surface area contributed by atoms with Crippen molar-refractivity contribution in [3.63, 3.8) is 0 Å². The van der Waals surface area contributed by atoms with Crippen LogP contribution in [0.15, 0.2) is 30.5 Å². The van der Waals surface area contributed by atoms with Gasteiger partial charge in [0.1, 0.15) is 26.9 Å². The van der Waals surface area contributed by atoms with Gasteiger partial charge in [-0.1, -0.05) is 17.7 Å². The molecule has 0 fully saturated rings. The van der Waals surface area contributed by atoms with Crippen molar-refractivity contribution in [1.29, 1.82) is 0 Å². The summed E-state index contributed by atoms with van der Waals surface area (Å²) < 4.78 is 43.1. The maximum absolute atomic E-state index is 14.0. The van der Waals surface area contributed by atoms with Crippen molar-refractivity contribution in [1.82, 2.24) is 9.71 Å². The predicted molar refractivity (Wildman–Crippen MR) is 99.0 cm³/mol. The first-order valence-electron chi connectivity index (χ1n) is 7.90. The van der Waals surface area contributed by atoms with Crippen molar-refractivity contribution in [3.8, 4) is 0 Å². The standard InChI is InChI=1S/C18H21ClF2N2O2S/c1-17(2,3)26(25)23-18(4,15-6-5-11(10-24)9-22-15)12-7-13(20)16(19)14(21)8-12/h5-9,23-24H,10H2,1-4H3. The van der Waals surface area contributed by atoms with E-state index in [1.807, 2.05) is 0 Å². The van der Waals surface area contributed by atoms with E-state index >= 15 is 0 Å². The molecule has 0 aliphatic carbocycles. The number of nitrogens with zero attached hydrogens (tertiary/aromatic N) is 1. The van der Waals surface area contributed by atoms with Crippen molar-refractivity contribution in [2.45, 2.75) is 44.6 Å². The number of hydrogen-bond donors (Lipinski definition) is 2. The van der Waals surface area contributed by atoms with Gasteiger partial charge in [0.2, 0.25) is 0 Å². The molecule has 0 aliphatic rings. The molecule has 2 N–H and O–H groups in total. The molecule has 0 radical (unpaired) electrons. The second-order valence-electron chi connectivity index (χ2n) is 7.07. The van der Waals surface area contributed by atoms with E-state index in [1.54, 1.807) is 39.8 Å². The smallest absolute Gasteiger partial charge is 0.145 e. The molecule has 26 heavy (non-hydrogen) atoms. The maximum Gasteiger partial charge on any atom is 0.145 e. The quantitative estimate of drug-likeness (QED) is 0.589. The van der Waals surface area contributed by atoms with Crippen LogP contribution in [-0.4, -0.2) is 19.4 Å². The van der Waals surface area contributed by atoms with Gasteiger partial charge in [0, 0.05) is 17.6 Å². The summed E-state index contributed by atoms with van der Waals surface area (Å²) in [4.78, 5) is 4.28. The highest BCUT2D eigenvalue weighted by atomic mass is 35.5. The first-order valence-corrected chi connectivity index (χ1v) is 9.43. The van der Waals surface area contributed by atoms with E-state index in [9.17, 15) is 18.4 Å². The average molecular weight is 403 g/mol. The SMILES string of the molecule is CC(N[S+]([O-])C(C)(C)C)(c1cc(F)c(Cl)c(F)c1)c1ccc(CO)cn1. The summed E-state index contributed by atoms with van der Waals surface area (Å²) in [5.74, 6) is -1.83. The van der Waals surface area contributed by atoms with Crippen molar-refractivity contribution in [2.24, 2.45) is 0 Å². The van der Waals surface area contributed by atoms with Gasteiger partial charge in [-0.15, -0.1) is 4.72 Å². The Bertz CT molecular complexity index is 761. The number of benzene rings is 1. The second-order valence-corrected chi connectivity index (χ2v) is 9.42. The lowest BCUT2D eigenvalue weighted by Gasteiger charge is -2.35. The predicted octanol–water partition coefficient (Wildman–Crippen LogP) is 3.82. The fourth-order valence-electron chi connectivity index (χ4n) is 2.26. The molecule has 2 aromatic rings. The van der Waals surface area contributed by atoms with Gasteiger partial charge in [-0.05, 0) is 57.0 Å². The first-order chi connectivity index (χ1) is 12.0. The minimum atomic E-state index is -1.55. The van der Waals surface area contributed by atoms with E-state index in [0.29, 0.717) is 11.3 Å². The zero-order chi connectivity index (χ0) is 19.7. The summed E-state index contributed by atoms with van der Waals surface area (Å²) in [7, 11) is 0. The molecular weight excluding hydrogens is 382 g/mol. The van der Waals surface area contributed by atoms with Crippen LogP contribution in [0.5, 0.6) is 0 Å². The van der Waals surface area contributed by atoms with Gasteiger partial charge in [0.25, 0.3) is 0 Å². The van der Waals surface area contributed by atoms with E-state index < -0.39 is 38.3 Å². The van der Waals surface area contributed by atoms with Crippen LogP contribution in [0.1, 0.15) is 44.5 Å².